The highest BCUT2D eigenvalue weighted by Gasteiger charge is 2.21. The second-order valence-corrected chi connectivity index (χ2v) is 5.51. The summed E-state index contributed by atoms with van der Waals surface area (Å²) in [5.74, 6) is 0.132. The lowest BCUT2D eigenvalue weighted by atomic mass is 10.0. The number of para-hydroxylation sites is 1. The molecule has 1 unspecified atom stereocenters. The molecule has 5 heteroatoms. The molecule has 1 aliphatic rings. The number of benzene rings is 1. The van der Waals surface area contributed by atoms with Gasteiger partial charge in [0.05, 0.1) is 12.6 Å². The van der Waals surface area contributed by atoms with Crippen LogP contribution in [0.5, 0.6) is 5.75 Å². The third kappa shape index (κ3) is 4.93. The number of rotatable bonds is 6. The van der Waals surface area contributed by atoms with Gasteiger partial charge in [-0.1, -0.05) is 43.9 Å². The summed E-state index contributed by atoms with van der Waals surface area (Å²) in [6.45, 7) is -3.00. The molecule has 1 aromatic carbocycles. The maximum Gasteiger partial charge on any atom is 0.387 e. The number of hydrogen-bond acceptors (Lipinski definition) is 3. The summed E-state index contributed by atoms with van der Waals surface area (Å²) in [4.78, 5) is 0. The summed E-state index contributed by atoms with van der Waals surface area (Å²) in [5.41, 5.74) is 0.588. The summed E-state index contributed by atoms with van der Waals surface area (Å²) in [6.07, 6.45) is 6.96. The largest absolute Gasteiger partial charge is 0.434 e. The van der Waals surface area contributed by atoms with Crippen LogP contribution in [-0.2, 0) is 0 Å². The van der Waals surface area contributed by atoms with Crippen molar-refractivity contribution in [1.82, 2.24) is 5.32 Å². The zero-order valence-corrected chi connectivity index (χ0v) is 12.1. The van der Waals surface area contributed by atoms with E-state index >= 15 is 0 Å². The Kier molecular flexibility index (Phi) is 6.39. The summed E-state index contributed by atoms with van der Waals surface area (Å²) in [7, 11) is 0. The van der Waals surface area contributed by atoms with Crippen LogP contribution in [0, 0.1) is 0 Å². The Morgan fingerprint density at radius 3 is 2.43 bits per heavy atom. The molecule has 0 saturated heterocycles. The number of halogens is 2. The van der Waals surface area contributed by atoms with Gasteiger partial charge in [0.25, 0.3) is 0 Å². The molecule has 0 aromatic heterocycles. The predicted octanol–water partition coefficient (Wildman–Crippen LogP) is 3.63. The van der Waals surface area contributed by atoms with Crippen LogP contribution in [-0.4, -0.2) is 24.4 Å². The van der Waals surface area contributed by atoms with Gasteiger partial charge in [0.1, 0.15) is 5.75 Å². The highest BCUT2D eigenvalue weighted by atomic mass is 19.3. The molecule has 0 heterocycles. The van der Waals surface area contributed by atoms with E-state index in [2.05, 4.69) is 10.1 Å². The van der Waals surface area contributed by atoms with Gasteiger partial charge in [-0.25, -0.2) is 0 Å². The van der Waals surface area contributed by atoms with Crippen LogP contribution in [0.1, 0.15) is 50.1 Å². The molecular weight excluding hydrogens is 276 g/mol. The Hall–Kier alpha value is -1.20. The van der Waals surface area contributed by atoms with Gasteiger partial charge in [-0.15, -0.1) is 0 Å². The first kappa shape index (κ1) is 16.2. The fraction of sp³-hybridized carbons (Fsp3) is 0.625. The molecule has 1 aliphatic carbocycles. The van der Waals surface area contributed by atoms with Gasteiger partial charge < -0.3 is 15.2 Å². The van der Waals surface area contributed by atoms with Crippen molar-refractivity contribution < 1.29 is 18.6 Å². The zero-order chi connectivity index (χ0) is 15.1. The summed E-state index contributed by atoms with van der Waals surface area (Å²) < 4.78 is 29.5. The van der Waals surface area contributed by atoms with Crippen molar-refractivity contribution in [2.24, 2.45) is 0 Å². The summed E-state index contributed by atoms with van der Waals surface area (Å²) in [6, 6.07) is 6.61. The van der Waals surface area contributed by atoms with Gasteiger partial charge in [-0.3, -0.25) is 0 Å². The van der Waals surface area contributed by atoms with Crippen LogP contribution in [0.25, 0.3) is 0 Å². The van der Waals surface area contributed by atoms with Gasteiger partial charge in [-0.05, 0) is 18.9 Å². The SMILES string of the molecule is OCC(NC1CCCCCC1)c1ccccc1OC(F)F. The van der Waals surface area contributed by atoms with Crippen molar-refractivity contribution in [2.75, 3.05) is 6.61 Å². The summed E-state index contributed by atoms with van der Waals surface area (Å²) >= 11 is 0. The minimum Gasteiger partial charge on any atom is -0.434 e. The Labute approximate surface area is 124 Å². The molecule has 2 N–H and O–H groups in total. The van der Waals surface area contributed by atoms with Gasteiger partial charge in [0, 0.05) is 11.6 Å². The second-order valence-electron chi connectivity index (χ2n) is 5.51. The Balaban J connectivity index is 2.09. The van der Waals surface area contributed by atoms with Crippen LogP contribution in [0.15, 0.2) is 24.3 Å². The highest BCUT2D eigenvalue weighted by molar-refractivity contribution is 5.36. The van der Waals surface area contributed by atoms with Crippen molar-refractivity contribution in [3.8, 4) is 5.75 Å². The van der Waals surface area contributed by atoms with Crippen molar-refractivity contribution in [3.05, 3.63) is 29.8 Å². The van der Waals surface area contributed by atoms with E-state index in [1.54, 1.807) is 18.2 Å². The minimum absolute atomic E-state index is 0.132. The number of nitrogens with one attached hydrogen (secondary N) is 1. The van der Waals surface area contributed by atoms with Crippen molar-refractivity contribution >= 4 is 0 Å². The van der Waals surface area contributed by atoms with Crippen molar-refractivity contribution in [2.45, 2.75) is 57.2 Å². The lowest BCUT2D eigenvalue weighted by Crippen LogP contribution is -2.34. The summed E-state index contributed by atoms with van der Waals surface area (Å²) in [5, 5.41) is 13.0. The molecule has 1 saturated carbocycles. The molecule has 1 aromatic rings. The van der Waals surface area contributed by atoms with Gasteiger partial charge in [-0.2, -0.15) is 8.78 Å². The number of ether oxygens (including phenoxy) is 1. The number of aliphatic hydroxyl groups excluding tert-OH is 1. The van der Waals surface area contributed by atoms with Gasteiger partial charge in [0.15, 0.2) is 0 Å². The van der Waals surface area contributed by atoms with E-state index in [9.17, 15) is 13.9 Å². The van der Waals surface area contributed by atoms with E-state index in [-0.39, 0.29) is 18.4 Å². The number of hydrogen-bond donors (Lipinski definition) is 2. The lowest BCUT2D eigenvalue weighted by Gasteiger charge is -2.25. The fourth-order valence-electron chi connectivity index (χ4n) is 2.94. The Morgan fingerprint density at radius 1 is 1.14 bits per heavy atom. The third-order valence-electron chi connectivity index (χ3n) is 3.99. The van der Waals surface area contributed by atoms with E-state index in [4.69, 9.17) is 0 Å². The standard InChI is InChI=1S/C16H23F2NO2/c17-16(18)21-15-10-6-5-9-13(15)14(11-20)19-12-7-3-1-2-4-8-12/h5-6,9-10,12,14,16,19-20H,1-4,7-8,11H2. The normalized spacial score (nSPS) is 18.5. The molecular formula is C16H23F2NO2. The van der Waals surface area contributed by atoms with Crippen LogP contribution >= 0.6 is 0 Å². The van der Waals surface area contributed by atoms with Crippen molar-refractivity contribution in [1.29, 1.82) is 0 Å². The molecule has 0 bridgehead atoms. The average Bonchev–Trinajstić information content (AvgIpc) is 2.73. The fourth-order valence-corrected chi connectivity index (χ4v) is 2.94. The average molecular weight is 299 g/mol. The molecule has 1 atom stereocenters. The monoisotopic (exact) mass is 299 g/mol. The van der Waals surface area contributed by atoms with Crippen LogP contribution in [0.2, 0.25) is 0 Å². The molecule has 0 radical (unpaired) electrons. The Bertz CT molecular complexity index is 420. The topological polar surface area (TPSA) is 41.5 Å². The molecule has 0 spiro atoms. The predicted molar refractivity (Wildman–Crippen MR) is 77.5 cm³/mol. The number of aliphatic hydroxyl groups is 1. The molecule has 3 nitrogen and oxygen atoms in total. The molecule has 0 amide bonds. The molecule has 1 fully saturated rings. The molecule has 118 valence electrons. The number of alkyl halides is 2. The second kappa shape index (κ2) is 8.29. The smallest absolute Gasteiger partial charge is 0.387 e. The maximum atomic E-state index is 12.5. The first-order valence-electron chi connectivity index (χ1n) is 7.61. The van der Waals surface area contributed by atoms with E-state index in [1.165, 1.54) is 31.7 Å². The Morgan fingerprint density at radius 2 is 1.81 bits per heavy atom. The third-order valence-corrected chi connectivity index (χ3v) is 3.99. The first-order chi connectivity index (χ1) is 10.2. The van der Waals surface area contributed by atoms with Crippen LogP contribution < -0.4 is 10.1 Å². The van der Waals surface area contributed by atoms with Gasteiger partial charge >= 0.3 is 6.61 Å². The quantitative estimate of drug-likeness (QED) is 0.788. The first-order valence-corrected chi connectivity index (χ1v) is 7.61. The van der Waals surface area contributed by atoms with E-state index in [0.29, 0.717) is 11.6 Å². The minimum atomic E-state index is -2.86. The van der Waals surface area contributed by atoms with Gasteiger partial charge in [0.2, 0.25) is 0 Å². The maximum absolute atomic E-state index is 12.5. The van der Waals surface area contributed by atoms with Crippen molar-refractivity contribution in [3.63, 3.8) is 0 Å². The van der Waals surface area contributed by atoms with E-state index < -0.39 is 6.61 Å². The van der Waals surface area contributed by atoms with Crippen LogP contribution in [0.4, 0.5) is 8.78 Å². The van der Waals surface area contributed by atoms with E-state index in [1.807, 2.05) is 0 Å². The lowest BCUT2D eigenvalue weighted by molar-refractivity contribution is -0.0509. The zero-order valence-electron chi connectivity index (χ0n) is 12.1. The molecule has 21 heavy (non-hydrogen) atoms. The molecule has 0 aliphatic heterocycles. The highest BCUT2D eigenvalue weighted by Crippen LogP contribution is 2.28. The van der Waals surface area contributed by atoms with Crippen LogP contribution in [0.3, 0.4) is 0 Å². The van der Waals surface area contributed by atoms with E-state index in [0.717, 1.165) is 12.8 Å². The molecule has 2 rings (SSSR count).